The summed E-state index contributed by atoms with van der Waals surface area (Å²) in [5, 5.41) is 8.87. The Morgan fingerprint density at radius 1 is 1.25 bits per heavy atom. The molecule has 2 aromatic rings. The maximum atomic E-state index is 10.8. The molecule has 16 heavy (non-hydrogen) atoms. The Morgan fingerprint density at radius 2 is 2.06 bits per heavy atom. The summed E-state index contributed by atoms with van der Waals surface area (Å²) in [5.41, 5.74) is 1.78. The summed E-state index contributed by atoms with van der Waals surface area (Å²) >= 11 is 3.36. The van der Waals surface area contributed by atoms with E-state index in [1.165, 1.54) is 12.3 Å². The largest absolute Gasteiger partial charge is 0.478 e. The number of benzene rings is 1. The Balaban J connectivity index is 2.48. The maximum absolute atomic E-state index is 10.8. The second kappa shape index (κ2) is 4.45. The van der Waals surface area contributed by atoms with Gasteiger partial charge in [0.1, 0.15) is 0 Å². The van der Waals surface area contributed by atoms with Crippen molar-refractivity contribution in [2.24, 2.45) is 0 Å². The van der Waals surface area contributed by atoms with Gasteiger partial charge in [0.15, 0.2) is 0 Å². The first-order valence-electron chi connectivity index (χ1n) is 4.62. The van der Waals surface area contributed by atoms with Gasteiger partial charge in [-0.3, -0.25) is 4.98 Å². The molecule has 0 unspecified atom stereocenters. The van der Waals surface area contributed by atoms with Crippen LogP contribution in [-0.4, -0.2) is 16.1 Å². The first-order chi connectivity index (χ1) is 7.66. The predicted molar refractivity (Wildman–Crippen MR) is 64.3 cm³/mol. The SMILES string of the molecule is O=C(O)c1ccnc(-c2cccc(Br)c2)c1. The molecule has 3 nitrogen and oxygen atoms in total. The number of pyridine rings is 1. The predicted octanol–water partition coefficient (Wildman–Crippen LogP) is 3.21. The van der Waals surface area contributed by atoms with Gasteiger partial charge in [0, 0.05) is 16.2 Å². The van der Waals surface area contributed by atoms with E-state index in [4.69, 9.17) is 5.11 Å². The molecule has 1 aromatic heterocycles. The fourth-order valence-corrected chi connectivity index (χ4v) is 1.77. The van der Waals surface area contributed by atoms with Gasteiger partial charge in [0.25, 0.3) is 0 Å². The number of carbonyl (C=O) groups is 1. The van der Waals surface area contributed by atoms with Crippen molar-refractivity contribution in [3.05, 3.63) is 52.6 Å². The molecule has 0 spiro atoms. The number of carboxylic acid groups (broad SMARTS) is 1. The zero-order valence-corrected chi connectivity index (χ0v) is 9.81. The number of hydrogen-bond acceptors (Lipinski definition) is 2. The van der Waals surface area contributed by atoms with Crippen molar-refractivity contribution in [1.29, 1.82) is 0 Å². The number of carboxylic acids is 1. The molecular formula is C12H8BrNO2. The molecular weight excluding hydrogens is 270 g/mol. The minimum absolute atomic E-state index is 0.241. The lowest BCUT2D eigenvalue weighted by Crippen LogP contribution is -1.97. The second-order valence-corrected chi connectivity index (χ2v) is 4.16. The number of halogens is 1. The normalized spacial score (nSPS) is 10.1. The summed E-state index contributed by atoms with van der Waals surface area (Å²) in [5.74, 6) is -0.946. The first-order valence-corrected chi connectivity index (χ1v) is 5.41. The Labute approximate surface area is 101 Å². The molecule has 2 rings (SSSR count). The average Bonchev–Trinajstić information content (AvgIpc) is 2.29. The van der Waals surface area contributed by atoms with E-state index >= 15 is 0 Å². The van der Waals surface area contributed by atoms with Crippen LogP contribution in [-0.2, 0) is 0 Å². The Kier molecular flexibility index (Phi) is 3.01. The highest BCUT2D eigenvalue weighted by molar-refractivity contribution is 9.10. The van der Waals surface area contributed by atoms with Crippen molar-refractivity contribution in [3.8, 4) is 11.3 Å². The second-order valence-electron chi connectivity index (χ2n) is 3.25. The topological polar surface area (TPSA) is 50.2 Å². The molecule has 0 saturated carbocycles. The third-order valence-electron chi connectivity index (χ3n) is 2.13. The monoisotopic (exact) mass is 277 g/mol. The van der Waals surface area contributed by atoms with Crippen LogP contribution in [0.5, 0.6) is 0 Å². The quantitative estimate of drug-likeness (QED) is 0.917. The molecule has 0 saturated heterocycles. The summed E-state index contributed by atoms with van der Waals surface area (Å²) in [6.07, 6.45) is 1.50. The summed E-state index contributed by atoms with van der Waals surface area (Å²) in [4.78, 5) is 15.0. The highest BCUT2D eigenvalue weighted by Gasteiger charge is 2.05. The van der Waals surface area contributed by atoms with Crippen molar-refractivity contribution in [2.75, 3.05) is 0 Å². The maximum Gasteiger partial charge on any atom is 0.335 e. The van der Waals surface area contributed by atoms with Gasteiger partial charge in [-0.15, -0.1) is 0 Å². The Bertz CT molecular complexity index is 540. The minimum atomic E-state index is -0.946. The third-order valence-corrected chi connectivity index (χ3v) is 2.62. The van der Waals surface area contributed by atoms with Gasteiger partial charge in [0.05, 0.1) is 11.3 Å². The van der Waals surface area contributed by atoms with Crippen molar-refractivity contribution < 1.29 is 9.90 Å². The smallest absolute Gasteiger partial charge is 0.335 e. The Hall–Kier alpha value is -1.68. The van der Waals surface area contributed by atoms with Crippen molar-refractivity contribution >= 4 is 21.9 Å². The van der Waals surface area contributed by atoms with Crippen LogP contribution in [0.25, 0.3) is 11.3 Å². The van der Waals surface area contributed by atoms with Crippen LogP contribution < -0.4 is 0 Å². The fraction of sp³-hybridized carbons (Fsp3) is 0. The molecule has 0 amide bonds. The average molecular weight is 278 g/mol. The highest BCUT2D eigenvalue weighted by Crippen LogP contribution is 2.21. The zero-order chi connectivity index (χ0) is 11.5. The lowest BCUT2D eigenvalue weighted by molar-refractivity contribution is 0.0697. The minimum Gasteiger partial charge on any atom is -0.478 e. The van der Waals surface area contributed by atoms with Gasteiger partial charge in [-0.25, -0.2) is 4.79 Å². The summed E-state index contributed by atoms with van der Waals surface area (Å²) in [6.45, 7) is 0. The lowest BCUT2D eigenvalue weighted by Gasteiger charge is -2.02. The van der Waals surface area contributed by atoms with Crippen LogP contribution in [0.2, 0.25) is 0 Å². The summed E-state index contributed by atoms with van der Waals surface area (Å²) in [6, 6.07) is 10.6. The van der Waals surface area contributed by atoms with Gasteiger partial charge in [-0.2, -0.15) is 0 Å². The van der Waals surface area contributed by atoms with Gasteiger partial charge in [-0.05, 0) is 24.3 Å². The van der Waals surface area contributed by atoms with Crippen LogP contribution in [0.3, 0.4) is 0 Å². The summed E-state index contributed by atoms with van der Waals surface area (Å²) < 4.78 is 0.938. The summed E-state index contributed by atoms with van der Waals surface area (Å²) in [7, 11) is 0. The molecule has 1 heterocycles. The van der Waals surface area contributed by atoms with Gasteiger partial charge in [-0.1, -0.05) is 28.1 Å². The van der Waals surface area contributed by atoms with Crippen LogP contribution in [0.15, 0.2) is 47.1 Å². The molecule has 0 aliphatic heterocycles. The van der Waals surface area contributed by atoms with E-state index in [0.717, 1.165) is 10.0 Å². The first kappa shape index (κ1) is 10.8. The van der Waals surface area contributed by atoms with Crippen molar-refractivity contribution in [2.45, 2.75) is 0 Å². The standard InChI is InChI=1S/C12H8BrNO2/c13-10-3-1-2-8(6-10)11-7-9(12(15)16)4-5-14-11/h1-7H,(H,15,16). The van der Waals surface area contributed by atoms with E-state index in [1.807, 2.05) is 24.3 Å². The van der Waals surface area contributed by atoms with Gasteiger partial charge >= 0.3 is 5.97 Å². The fourth-order valence-electron chi connectivity index (χ4n) is 1.37. The number of rotatable bonds is 2. The van der Waals surface area contributed by atoms with Crippen molar-refractivity contribution in [1.82, 2.24) is 4.98 Å². The molecule has 4 heteroatoms. The van der Waals surface area contributed by atoms with Crippen LogP contribution >= 0.6 is 15.9 Å². The zero-order valence-electron chi connectivity index (χ0n) is 8.22. The molecule has 0 aliphatic carbocycles. The van der Waals surface area contributed by atoms with Gasteiger partial charge < -0.3 is 5.11 Å². The number of aromatic carboxylic acids is 1. The molecule has 80 valence electrons. The van der Waals surface area contributed by atoms with Crippen molar-refractivity contribution in [3.63, 3.8) is 0 Å². The highest BCUT2D eigenvalue weighted by atomic mass is 79.9. The van der Waals surface area contributed by atoms with E-state index in [9.17, 15) is 4.79 Å². The van der Waals surface area contributed by atoms with Crippen LogP contribution in [0.1, 0.15) is 10.4 Å². The molecule has 0 radical (unpaired) electrons. The van der Waals surface area contributed by atoms with E-state index in [1.54, 1.807) is 6.07 Å². The van der Waals surface area contributed by atoms with E-state index < -0.39 is 5.97 Å². The Morgan fingerprint density at radius 3 is 2.75 bits per heavy atom. The molecule has 0 atom stereocenters. The van der Waals surface area contributed by atoms with Gasteiger partial charge in [0.2, 0.25) is 0 Å². The molecule has 0 bridgehead atoms. The van der Waals surface area contributed by atoms with E-state index in [0.29, 0.717) is 5.69 Å². The van der Waals surface area contributed by atoms with Crippen LogP contribution in [0, 0.1) is 0 Å². The lowest BCUT2D eigenvalue weighted by atomic mass is 10.1. The molecule has 0 aliphatic rings. The van der Waals surface area contributed by atoms with E-state index in [2.05, 4.69) is 20.9 Å². The number of aromatic nitrogens is 1. The molecule has 1 N–H and O–H groups in total. The number of hydrogen-bond donors (Lipinski definition) is 1. The molecule has 0 fully saturated rings. The third kappa shape index (κ3) is 2.28. The van der Waals surface area contributed by atoms with Crippen LogP contribution in [0.4, 0.5) is 0 Å². The molecule has 1 aromatic carbocycles. The van der Waals surface area contributed by atoms with E-state index in [-0.39, 0.29) is 5.56 Å². The number of nitrogens with zero attached hydrogens (tertiary/aromatic N) is 1.